The predicted octanol–water partition coefficient (Wildman–Crippen LogP) is 2.47. The first-order chi connectivity index (χ1) is 12.8. The molecule has 6 nitrogen and oxygen atoms in total. The first kappa shape index (κ1) is 19.5. The molecule has 1 aromatic carbocycles. The summed E-state index contributed by atoms with van der Waals surface area (Å²) in [5.74, 6) is -0.187. The fourth-order valence-corrected chi connectivity index (χ4v) is 4.07. The van der Waals surface area contributed by atoms with Gasteiger partial charge in [0.05, 0.1) is 22.5 Å². The van der Waals surface area contributed by atoms with E-state index in [1.54, 1.807) is 6.92 Å². The highest BCUT2D eigenvalue weighted by Gasteiger charge is 2.22. The van der Waals surface area contributed by atoms with E-state index in [9.17, 15) is 18.1 Å². The van der Waals surface area contributed by atoms with E-state index in [1.807, 2.05) is 0 Å². The van der Waals surface area contributed by atoms with Crippen LogP contribution in [0.1, 0.15) is 24.0 Å². The highest BCUT2D eigenvalue weighted by Crippen LogP contribution is 2.30. The first-order valence-electron chi connectivity index (χ1n) is 8.92. The van der Waals surface area contributed by atoms with Crippen molar-refractivity contribution in [3.63, 3.8) is 0 Å². The van der Waals surface area contributed by atoms with Gasteiger partial charge >= 0.3 is 0 Å². The Kier molecular flexibility index (Phi) is 5.63. The van der Waals surface area contributed by atoms with Gasteiger partial charge in [0, 0.05) is 43.5 Å². The molecule has 0 unspecified atom stereocenters. The highest BCUT2D eigenvalue weighted by molar-refractivity contribution is 7.90. The van der Waals surface area contributed by atoms with Crippen LogP contribution in [0, 0.1) is 24.1 Å². The normalized spacial score (nSPS) is 16.4. The molecule has 1 N–H and O–H groups in total. The minimum atomic E-state index is -2.96. The number of anilines is 1. The smallest absolute Gasteiger partial charge is 0.148 e. The van der Waals surface area contributed by atoms with Crippen LogP contribution in [0.5, 0.6) is 0 Å². The van der Waals surface area contributed by atoms with Gasteiger partial charge in [-0.15, -0.1) is 0 Å². The Morgan fingerprint density at radius 1 is 1.37 bits per heavy atom. The summed E-state index contributed by atoms with van der Waals surface area (Å²) in [6.07, 6.45) is 4.43. The molecule has 27 heavy (non-hydrogen) atoms. The quantitative estimate of drug-likeness (QED) is 0.844. The molecule has 1 aliphatic rings. The van der Waals surface area contributed by atoms with Crippen LogP contribution in [0.3, 0.4) is 0 Å². The second-order valence-corrected chi connectivity index (χ2v) is 9.43. The van der Waals surface area contributed by atoms with E-state index in [4.69, 9.17) is 0 Å². The number of nitriles is 1. The van der Waals surface area contributed by atoms with Gasteiger partial charge in [0.2, 0.25) is 0 Å². The van der Waals surface area contributed by atoms with Crippen molar-refractivity contribution < 1.29 is 12.8 Å². The van der Waals surface area contributed by atoms with E-state index in [-0.39, 0.29) is 17.6 Å². The fourth-order valence-electron chi connectivity index (χ4n) is 3.48. The van der Waals surface area contributed by atoms with Crippen LogP contribution in [0.4, 0.5) is 10.1 Å². The zero-order valence-corrected chi connectivity index (χ0v) is 16.3. The number of piperidine rings is 1. The van der Waals surface area contributed by atoms with Crippen molar-refractivity contribution in [2.45, 2.75) is 25.8 Å². The highest BCUT2D eigenvalue weighted by atomic mass is 32.2. The second kappa shape index (κ2) is 7.79. The minimum absolute atomic E-state index is 0.140. The third kappa shape index (κ3) is 4.73. The fraction of sp³-hybridized carbons (Fsp3) is 0.474. The van der Waals surface area contributed by atoms with E-state index in [0.29, 0.717) is 28.7 Å². The van der Waals surface area contributed by atoms with Gasteiger partial charge in [-0.05, 0) is 37.5 Å². The molecule has 2 heterocycles. The predicted molar refractivity (Wildman–Crippen MR) is 104 cm³/mol. The zero-order chi connectivity index (χ0) is 19.6. The number of fused-ring (bicyclic) bond motifs is 1. The molecule has 0 atom stereocenters. The lowest BCUT2D eigenvalue weighted by atomic mass is 10.0. The molecule has 144 valence electrons. The summed E-state index contributed by atoms with van der Waals surface area (Å²) < 4.78 is 36.6. The Labute approximate surface area is 158 Å². The van der Waals surface area contributed by atoms with Crippen LogP contribution in [-0.4, -0.2) is 56.0 Å². The Balaban J connectivity index is 1.77. The number of hydrogen-bond donors (Lipinski definition) is 1. The lowest BCUT2D eigenvalue weighted by Crippen LogP contribution is -2.41. The second-order valence-electron chi connectivity index (χ2n) is 7.17. The van der Waals surface area contributed by atoms with E-state index in [2.05, 4.69) is 21.3 Å². The number of benzene rings is 1. The maximum atomic E-state index is 13.9. The van der Waals surface area contributed by atoms with Crippen LogP contribution in [0.15, 0.2) is 18.3 Å². The number of aryl methyl sites for hydroxylation is 1. The lowest BCUT2D eigenvalue weighted by molar-refractivity contribution is 0.230. The molecule has 3 rings (SSSR count). The van der Waals surface area contributed by atoms with Crippen LogP contribution in [0.2, 0.25) is 0 Å². The molecular weight excluding hydrogens is 367 g/mol. The Morgan fingerprint density at radius 2 is 2.07 bits per heavy atom. The Bertz CT molecular complexity index is 993. The SMILES string of the molecule is Cc1cc(F)cc2c(NC3CCN(CCS(C)(=O)=O)CC3)c(C#N)cnc12. The lowest BCUT2D eigenvalue weighted by Gasteiger charge is -2.33. The molecule has 2 aromatic rings. The van der Waals surface area contributed by atoms with Crippen molar-refractivity contribution in [2.24, 2.45) is 0 Å². The van der Waals surface area contributed by atoms with Gasteiger partial charge in [0.25, 0.3) is 0 Å². The molecule has 1 aromatic heterocycles. The number of aromatic nitrogens is 1. The third-order valence-electron chi connectivity index (χ3n) is 4.96. The molecule has 1 aliphatic heterocycles. The Hall–Kier alpha value is -2.24. The van der Waals surface area contributed by atoms with Gasteiger partial charge in [-0.25, -0.2) is 12.8 Å². The summed E-state index contributed by atoms with van der Waals surface area (Å²) in [5.41, 5.74) is 2.43. The van der Waals surface area contributed by atoms with Crippen molar-refractivity contribution in [1.29, 1.82) is 5.26 Å². The molecule has 1 fully saturated rings. The van der Waals surface area contributed by atoms with Crippen molar-refractivity contribution in [3.05, 3.63) is 35.3 Å². The number of pyridine rings is 1. The minimum Gasteiger partial charge on any atom is -0.381 e. The largest absolute Gasteiger partial charge is 0.381 e. The molecule has 0 spiro atoms. The standard InChI is InChI=1S/C19H23FN4O2S/c1-13-9-15(20)10-17-18(13)22-12-14(11-21)19(17)23-16-3-5-24(6-4-16)7-8-27(2,25)26/h9-10,12,16H,3-8H2,1-2H3,(H,22,23). The molecule has 0 amide bonds. The Morgan fingerprint density at radius 3 is 2.70 bits per heavy atom. The van der Waals surface area contributed by atoms with Gasteiger partial charge in [-0.3, -0.25) is 4.98 Å². The number of rotatable bonds is 5. The monoisotopic (exact) mass is 390 g/mol. The molecule has 0 radical (unpaired) electrons. The number of hydrogen-bond acceptors (Lipinski definition) is 6. The topological polar surface area (TPSA) is 86.1 Å². The number of halogens is 1. The molecule has 8 heteroatoms. The summed E-state index contributed by atoms with van der Waals surface area (Å²) in [6, 6.07) is 5.13. The summed E-state index contributed by atoms with van der Waals surface area (Å²) in [5, 5.41) is 13.5. The van der Waals surface area contributed by atoms with Gasteiger partial charge in [-0.2, -0.15) is 5.26 Å². The molecule has 0 bridgehead atoms. The molecule has 0 aliphatic carbocycles. The van der Waals surface area contributed by atoms with Gasteiger partial charge < -0.3 is 10.2 Å². The average molecular weight is 390 g/mol. The number of nitrogens with zero attached hydrogens (tertiary/aromatic N) is 3. The summed E-state index contributed by atoms with van der Waals surface area (Å²) in [7, 11) is -2.96. The van der Waals surface area contributed by atoms with E-state index in [1.165, 1.54) is 24.6 Å². The van der Waals surface area contributed by atoms with Crippen molar-refractivity contribution in [3.8, 4) is 6.07 Å². The van der Waals surface area contributed by atoms with Gasteiger partial charge in [-0.1, -0.05) is 0 Å². The third-order valence-corrected chi connectivity index (χ3v) is 5.89. The van der Waals surface area contributed by atoms with Crippen molar-refractivity contribution in [2.75, 3.05) is 37.0 Å². The van der Waals surface area contributed by atoms with E-state index in [0.717, 1.165) is 31.5 Å². The number of sulfone groups is 1. The summed E-state index contributed by atoms with van der Waals surface area (Å²) >= 11 is 0. The summed E-state index contributed by atoms with van der Waals surface area (Å²) in [4.78, 5) is 6.45. The van der Waals surface area contributed by atoms with E-state index < -0.39 is 9.84 Å². The number of nitrogens with one attached hydrogen (secondary N) is 1. The molecule has 0 saturated carbocycles. The van der Waals surface area contributed by atoms with Gasteiger partial charge in [0.1, 0.15) is 21.7 Å². The average Bonchev–Trinajstić information content (AvgIpc) is 2.61. The number of likely N-dealkylation sites (tertiary alicyclic amines) is 1. The maximum absolute atomic E-state index is 13.9. The van der Waals surface area contributed by atoms with Crippen LogP contribution >= 0.6 is 0 Å². The van der Waals surface area contributed by atoms with E-state index >= 15 is 0 Å². The van der Waals surface area contributed by atoms with Crippen LogP contribution < -0.4 is 5.32 Å². The van der Waals surface area contributed by atoms with Crippen LogP contribution in [0.25, 0.3) is 10.9 Å². The first-order valence-corrected chi connectivity index (χ1v) is 11.0. The van der Waals surface area contributed by atoms with Gasteiger partial charge in [0.15, 0.2) is 0 Å². The summed E-state index contributed by atoms with van der Waals surface area (Å²) in [6.45, 7) is 3.91. The zero-order valence-electron chi connectivity index (χ0n) is 15.5. The van der Waals surface area contributed by atoms with Crippen molar-refractivity contribution in [1.82, 2.24) is 9.88 Å². The maximum Gasteiger partial charge on any atom is 0.148 e. The molecule has 1 saturated heterocycles. The van der Waals surface area contributed by atoms with Crippen LogP contribution in [-0.2, 0) is 9.84 Å². The van der Waals surface area contributed by atoms with Crippen molar-refractivity contribution >= 4 is 26.4 Å². The molecular formula is C19H23FN4O2S.